The maximum absolute atomic E-state index is 13.4. The predicted molar refractivity (Wildman–Crippen MR) is 133 cm³/mol. The third kappa shape index (κ3) is 5.41. The number of nitrogens with zero attached hydrogens (tertiary/aromatic N) is 2. The largest absolute Gasteiger partial charge is 0.355 e. The fraction of sp³-hybridized carbons (Fsp3) is 0.280. The molecule has 9 heteroatoms. The molecule has 1 aliphatic heterocycles. The predicted octanol–water partition coefficient (Wildman–Crippen LogP) is 5.15. The van der Waals surface area contributed by atoms with Gasteiger partial charge in [0.2, 0.25) is 15.9 Å². The summed E-state index contributed by atoms with van der Waals surface area (Å²) < 4.78 is 33.6. The fourth-order valence-electron chi connectivity index (χ4n) is 3.91. The van der Waals surface area contributed by atoms with Crippen LogP contribution in [0.5, 0.6) is 0 Å². The summed E-state index contributed by atoms with van der Waals surface area (Å²) in [5, 5.41) is 7.36. The van der Waals surface area contributed by atoms with Crippen LogP contribution in [-0.4, -0.2) is 36.9 Å². The molecular formula is C25H26ClN3O4S. The van der Waals surface area contributed by atoms with Crippen molar-refractivity contribution in [2.24, 2.45) is 5.92 Å². The van der Waals surface area contributed by atoms with Crippen molar-refractivity contribution in [3.8, 4) is 0 Å². The minimum atomic E-state index is -3.82. The average molecular weight is 500 g/mol. The van der Waals surface area contributed by atoms with E-state index in [2.05, 4.69) is 10.5 Å². The third-order valence-corrected chi connectivity index (χ3v) is 8.18. The van der Waals surface area contributed by atoms with Gasteiger partial charge >= 0.3 is 0 Å². The van der Waals surface area contributed by atoms with Gasteiger partial charge in [-0.2, -0.15) is 4.31 Å². The zero-order valence-electron chi connectivity index (χ0n) is 19.0. The Morgan fingerprint density at radius 2 is 1.71 bits per heavy atom. The van der Waals surface area contributed by atoms with Gasteiger partial charge in [-0.25, -0.2) is 8.42 Å². The summed E-state index contributed by atoms with van der Waals surface area (Å²) in [4.78, 5) is 12.7. The number of nitrogens with one attached hydrogen (secondary N) is 1. The molecule has 1 aromatic heterocycles. The summed E-state index contributed by atoms with van der Waals surface area (Å²) in [6, 6.07) is 14.7. The molecule has 1 aliphatic rings. The van der Waals surface area contributed by atoms with Gasteiger partial charge in [-0.15, -0.1) is 0 Å². The molecule has 2 heterocycles. The van der Waals surface area contributed by atoms with Crippen LogP contribution in [0.3, 0.4) is 0 Å². The van der Waals surface area contributed by atoms with E-state index in [9.17, 15) is 13.2 Å². The SMILES string of the molecule is Cc1ccc(C=Cc2onc(C)c2S(=O)(=O)N2CCC(C(=O)Nc3ccc(Cl)cc3)CC2)cc1. The van der Waals surface area contributed by atoms with Crippen LogP contribution in [0.25, 0.3) is 12.2 Å². The maximum atomic E-state index is 13.4. The van der Waals surface area contributed by atoms with Crippen LogP contribution in [0.1, 0.15) is 35.4 Å². The second-order valence-electron chi connectivity index (χ2n) is 8.38. The van der Waals surface area contributed by atoms with E-state index in [0.717, 1.165) is 11.1 Å². The molecule has 0 unspecified atom stereocenters. The second kappa shape index (κ2) is 10.1. The molecule has 0 atom stereocenters. The number of sulfonamides is 1. The van der Waals surface area contributed by atoms with Crippen LogP contribution < -0.4 is 5.32 Å². The number of anilines is 1. The van der Waals surface area contributed by atoms with Gasteiger partial charge in [-0.05, 0) is 62.6 Å². The van der Waals surface area contributed by atoms with Crippen molar-refractivity contribution in [3.05, 3.63) is 76.1 Å². The first kappa shape index (κ1) is 24.2. The van der Waals surface area contributed by atoms with Gasteiger partial charge in [0.15, 0.2) is 10.7 Å². The lowest BCUT2D eigenvalue weighted by Gasteiger charge is -2.30. The first-order valence-corrected chi connectivity index (χ1v) is 12.8. The number of aryl methyl sites for hydroxylation is 2. The number of aromatic nitrogens is 1. The van der Waals surface area contributed by atoms with Gasteiger partial charge < -0.3 is 9.84 Å². The maximum Gasteiger partial charge on any atom is 0.248 e. The number of carbonyl (C=O) groups excluding carboxylic acids is 1. The molecule has 7 nitrogen and oxygen atoms in total. The van der Waals surface area contributed by atoms with Crippen molar-refractivity contribution >= 4 is 45.4 Å². The number of carbonyl (C=O) groups is 1. The van der Waals surface area contributed by atoms with Gasteiger partial charge in [0, 0.05) is 29.7 Å². The molecule has 1 fully saturated rings. The monoisotopic (exact) mass is 499 g/mol. The molecule has 0 saturated carbocycles. The highest BCUT2D eigenvalue weighted by atomic mass is 35.5. The molecule has 1 saturated heterocycles. The van der Waals surface area contributed by atoms with Crippen LogP contribution in [0.15, 0.2) is 57.9 Å². The lowest BCUT2D eigenvalue weighted by atomic mass is 9.97. The van der Waals surface area contributed by atoms with Crippen molar-refractivity contribution in [1.82, 2.24) is 9.46 Å². The highest BCUT2D eigenvalue weighted by molar-refractivity contribution is 7.89. The quantitative estimate of drug-likeness (QED) is 0.506. The molecular weight excluding hydrogens is 474 g/mol. The Kier molecular flexibility index (Phi) is 7.21. The van der Waals surface area contributed by atoms with E-state index in [1.807, 2.05) is 31.2 Å². The highest BCUT2D eigenvalue weighted by Crippen LogP contribution is 2.29. The number of piperidine rings is 1. The summed E-state index contributed by atoms with van der Waals surface area (Å²) in [6.07, 6.45) is 4.28. The van der Waals surface area contributed by atoms with Crippen molar-refractivity contribution < 1.29 is 17.7 Å². The van der Waals surface area contributed by atoms with Crippen LogP contribution in [0.4, 0.5) is 5.69 Å². The summed E-state index contributed by atoms with van der Waals surface area (Å²) in [5.41, 5.74) is 3.04. The van der Waals surface area contributed by atoms with Crippen LogP contribution in [-0.2, 0) is 14.8 Å². The Balaban J connectivity index is 1.44. The molecule has 0 bridgehead atoms. The molecule has 34 heavy (non-hydrogen) atoms. The summed E-state index contributed by atoms with van der Waals surface area (Å²) in [6.45, 7) is 4.11. The van der Waals surface area contributed by atoms with Gasteiger partial charge in [-0.1, -0.05) is 52.7 Å². The fourth-order valence-corrected chi connectivity index (χ4v) is 5.76. The third-order valence-electron chi connectivity index (χ3n) is 5.87. The van der Waals surface area contributed by atoms with Crippen molar-refractivity contribution in [2.45, 2.75) is 31.6 Å². The first-order chi connectivity index (χ1) is 16.2. The standard InChI is InChI=1S/C25H26ClN3O4S/c1-17-3-5-19(6-4-17)7-12-23-24(18(2)28-33-23)34(31,32)29-15-13-20(14-16-29)25(30)27-22-10-8-21(26)9-11-22/h3-12,20H,13-16H2,1-2H3,(H,27,30). The Morgan fingerprint density at radius 3 is 2.35 bits per heavy atom. The summed E-state index contributed by atoms with van der Waals surface area (Å²) in [7, 11) is -3.82. The van der Waals surface area contributed by atoms with E-state index in [1.54, 1.807) is 43.3 Å². The first-order valence-electron chi connectivity index (χ1n) is 11.0. The molecule has 0 radical (unpaired) electrons. The van der Waals surface area contributed by atoms with E-state index in [-0.39, 0.29) is 35.6 Å². The lowest BCUT2D eigenvalue weighted by molar-refractivity contribution is -0.120. The van der Waals surface area contributed by atoms with Crippen molar-refractivity contribution in [1.29, 1.82) is 0 Å². The number of hydrogen-bond donors (Lipinski definition) is 1. The minimum Gasteiger partial charge on any atom is -0.355 e. The Labute approximate surface area is 204 Å². The molecule has 1 amide bonds. The minimum absolute atomic E-state index is 0.0694. The Bertz CT molecular complexity index is 1290. The number of benzene rings is 2. The number of hydrogen-bond acceptors (Lipinski definition) is 5. The van der Waals surface area contributed by atoms with Gasteiger partial charge in [0.25, 0.3) is 0 Å². The number of halogens is 1. The highest BCUT2D eigenvalue weighted by Gasteiger charge is 2.35. The van der Waals surface area contributed by atoms with Crippen LogP contribution >= 0.6 is 11.6 Å². The molecule has 3 aromatic rings. The molecule has 0 spiro atoms. The molecule has 0 aliphatic carbocycles. The van der Waals surface area contributed by atoms with Crippen molar-refractivity contribution in [3.63, 3.8) is 0 Å². The zero-order chi connectivity index (χ0) is 24.3. The Hall–Kier alpha value is -2.94. The average Bonchev–Trinajstić information content (AvgIpc) is 3.21. The lowest BCUT2D eigenvalue weighted by Crippen LogP contribution is -2.41. The van der Waals surface area contributed by atoms with Crippen LogP contribution in [0.2, 0.25) is 5.02 Å². The molecule has 2 aromatic carbocycles. The Morgan fingerprint density at radius 1 is 1.06 bits per heavy atom. The normalized spacial score (nSPS) is 15.6. The van der Waals surface area contributed by atoms with Crippen molar-refractivity contribution in [2.75, 3.05) is 18.4 Å². The van der Waals surface area contributed by atoms with E-state index in [0.29, 0.717) is 29.2 Å². The van der Waals surface area contributed by atoms with E-state index < -0.39 is 10.0 Å². The van der Waals surface area contributed by atoms with E-state index in [1.165, 1.54) is 4.31 Å². The topological polar surface area (TPSA) is 92.5 Å². The van der Waals surface area contributed by atoms with E-state index in [4.69, 9.17) is 16.1 Å². The zero-order valence-corrected chi connectivity index (χ0v) is 20.6. The van der Waals surface area contributed by atoms with Gasteiger partial charge in [0.1, 0.15) is 5.69 Å². The summed E-state index contributed by atoms with van der Waals surface area (Å²) in [5.74, 6) is -0.200. The number of rotatable bonds is 6. The molecule has 4 rings (SSSR count). The van der Waals surface area contributed by atoms with Crippen LogP contribution in [0, 0.1) is 19.8 Å². The van der Waals surface area contributed by atoms with Gasteiger partial charge in [0.05, 0.1) is 0 Å². The molecule has 178 valence electrons. The van der Waals surface area contributed by atoms with Gasteiger partial charge in [-0.3, -0.25) is 4.79 Å². The molecule has 1 N–H and O–H groups in total. The smallest absolute Gasteiger partial charge is 0.248 e. The number of amides is 1. The summed E-state index contributed by atoms with van der Waals surface area (Å²) >= 11 is 5.89. The van der Waals surface area contributed by atoms with E-state index >= 15 is 0 Å². The second-order valence-corrected chi connectivity index (χ2v) is 10.7.